The predicted octanol–water partition coefficient (Wildman–Crippen LogP) is 4.31. The Bertz CT molecular complexity index is 1150. The summed E-state index contributed by atoms with van der Waals surface area (Å²) in [7, 11) is 0. The molecule has 7 nitrogen and oxygen atoms in total. The summed E-state index contributed by atoms with van der Waals surface area (Å²) < 4.78 is 2.14. The Labute approximate surface area is 194 Å². The van der Waals surface area contributed by atoms with E-state index in [0.29, 0.717) is 17.6 Å². The van der Waals surface area contributed by atoms with Gasteiger partial charge in [-0.1, -0.05) is 37.5 Å². The Balaban J connectivity index is 1.25. The normalized spacial score (nSPS) is 21.8. The van der Waals surface area contributed by atoms with Crippen LogP contribution in [0.1, 0.15) is 74.0 Å². The molecule has 7 heteroatoms. The standard InChI is InChI=1S/C26H32N6O/c27-24-23-22(21-16-19-8-4-5-9-20(19)29-21)30-25(32(23)15-12-28-24)17-10-13-31(14-11-17)26(33)18-6-2-1-3-7-18/h4-5,8-9,12,15,17-18,21,29H,1-3,6-7,10-11,13-14,16H2,(H2,27,28). The third kappa shape index (κ3) is 3.63. The molecule has 4 heterocycles. The van der Waals surface area contributed by atoms with E-state index in [0.717, 1.165) is 62.2 Å². The highest BCUT2D eigenvalue weighted by Crippen LogP contribution is 2.39. The highest BCUT2D eigenvalue weighted by Gasteiger charge is 2.33. The molecule has 3 aromatic rings. The van der Waals surface area contributed by atoms with Gasteiger partial charge in [0.15, 0.2) is 0 Å². The summed E-state index contributed by atoms with van der Waals surface area (Å²) in [6.07, 6.45) is 12.3. The third-order valence-electron chi connectivity index (χ3n) is 7.86. The van der Waals surface area contributed by atoms with Gasteiger partial charge in [0, 0.05) is 49.4 Å². The summed E-state index contributed by atoms with van der Waals surface area (Å²) in [5.74, 6) is 2.51. The van der Waals surface area contributed by atoms with Crippen LogP contribution in [-0.4, -0.2) is 38.3 Å². The van der Waals surface area contributed by atoms with Crippen LogP contribution in [0, 0.1) is 5.92 Å². The average molecular weight is 445 g/mol. The molecule has 3 N–H and O–H groups in total. The Morgan fingerprint density at radius 3 is 2.64 bits per heavy atom. The lowest BCUT2D eigenvalue weighted by Crippen LogP contribution is -2.42. The number of nitrogens with one attached hydrogen (secondary N) is 1. The minimum absolute atomic E-state index is 0.0885. The monoisotopic (exact) mass is 444 g/mol. The summed E-state index contributed by atoms with van der Waals surface area (Å²) >= 11 is 0. The van der Waals surface area contributed by atoms with Crippen molar-refractivity contribution in [3.63, 3.8) is 0 Å². The van der Waals surface area contributed by atoms with E-state index in [1.807, 2.05) is 6.20 Å². The van der Waals surface area contributed by atoms with Gasteiger partial charge in [-0.2, -0.15) is 0 Å². The lowest BCUT2D eigenvalue weighted by Gasteiger charge is -2.34. The first-order valence-corrected chi connectivity index (χ1v) is 12.4. The Morgan fingerprint density at radius 1 is 1.06 bits per heavy atom. The quantitative estimate of drug-likeness (QED) is 0.629. The number of fused-ring (bicyclic) bond motifs is 2. The van der Waals surface area contributed by atoms with Crippen molar-refractivity contribution in [1.29, 1.82) is 0 Å². The fraction of sp³-hybridized carbons (Fsp3) is 0.500. The van der Waals surface area contributed by atoms with Crippen molar-refractivity contribution < 1.29 is 4.79 Å². The van der Waals surface area contributed by atoms with Crippen LogP contribution in [0.25, 0.3) is 5.52 Å². The fourth-order valence-corrected chi connectivity index (χ4v) is 6.07. The molecule has 1 amide bonds. The van der Waals surface area contributed by atoms with Crippen molar-refractivity contribution in [2.75, 3.05) is 24.1 Å². The van der Waals surface area contributed by atoms with E-state index in [4.69, 9.17) is 10.7 Å². The van der Waals surface area contributed by atoms with Crippen molar-refractivity contribution >= 4 is 22.9 Å². The van der Waals surface area contributed by atoms with Crippen molar-refractivity contribution in [3.05, 3.63) is 53.7 Å². The van der Waals surface area contributed by atoms with Crippen LogP contribution in [0.3, 0.4) is 0 Å². The maximum atomic E-state index is 13.0. The second-order valence-electron chi connectivity index (χ2n) is 9.88. The second-order valence-corrected chi connectivity index (χ2v) is 9.88. The number of nitrogen functional groups attached to an aromatic ring is 1. The van der Waals surface area contributed by atoms with Gasteiger partial charge in [0.25, 0.3) is 0 Å². The molecule has 0 spiro atoms. The van der Waals surface area contributed by atoms with Gasteiger partial charge in [-0.15, -0.1) is 0 Å². The van der Waals surface area contributed by atoms with E-state index >= 15 is 0 Å². The topological polar surface area (TPSA) is 88.5 Å². The van der Waals surface area contributed by atoms with E-state index in [1.165, 1.54) is 30.5 Å². The molecule has 1 saturated carbocycles. The largest absolute Gasteiger partial charge is 0.382 e. The predicted molar refractivity (Wildman–Crippen MR) is 129 cm³/mol. The number of rotatable bonds is 3. The lowest BCUT2D eigenvalue weighted by molar-refractivity contribution is -0.137. The number of benzene rings is 1. The first-order valence-electron chi connectivity index (χ1n) is 12.4. The van der Waals surface area contributed by atoms with E-state index in [1.54, 1.807) is 6.20 Å². The van der Waals surface area contributed by atoms with Crippen LogP contribution in [-0.2, 0) is 11.2 Å². The number of para-hydroxylation sites is 1. The first-order chi connectivity index (χ1) is 16.2. The van der Waals surface area contributed by atoms with E-state index in [9.17, 15) is 4.79 Å². The molecule has 2 fully saturated rings. The molecule has 1 aromatic carbocycles. The number of hydrogen-bond acceptors (Lipinski definition) is 5. The molecule has 172 valence electrons. The number of piperidine rings is 1. The van der Waals surface area contributed by atoms with Crippen LogP contribution in [0.2, 0.25) is 0 Å². The third-order valence-corrected chi connectivity index (χ3v) is 7.86. The maximum absolute atomic E-state index is 13.0. The fourth-order valence-electron chi connectivity index (χ4n) is 6.07. The van der Waals surface area contributed by atoms with Gasteiger partial charge in [0.2, 0.25) is 5.91 Å². The van der Waals surface area contributed by atoms with Crippen molar-refractivity contribution in [3.8, 4) is 0 Å². The maximum Gasteiger partial charge on any atom is 0.225 e. The molecular formula is C26H32N6O. The van der Waals surface area contributed by atoms with Crippen LogP contribution in [0.5, 0.6) is 0 Å². The zero-order valence-corrected chi connectivity index (χ0v) is 19.0. The van der Waals surface area contributed by atoms with Gasteiger partial charge < -0.3 is 16.0 Å². The Kier molecular flexibility index (Phi) is 5.19. The molecule has 2 aliphatic heterocycles. The molecule has 1 unspecified atom stereocenters. The minimum Gasteiger partial charge on any atom is -0.382 e. The van der Waals surface area contributed by atoms with Gasteiger partial charge in [-0.3, -0.25) is 9.20 Å². The molecule has 33 heavy (non-hydrogen) atoms. The number of hydrogen-bond donors (Lipinski definition) is 2. The van der Waals surface area contributed by atoms with E-state index in [-0.39, 0.29) is 12.0 Å². The van der Waals surface area contributed by atoms with Crippen LogP contribution < -0.4 is 11.1 Å². The molecular weight excluding hydrogens is 412 g/mol. The number of nitrogens with two attached hydrogens (primary N) is 1. The number of amides is 1. The lowest BCUT2D eigenvalue weighted by atomic mass is 9.87. The summed E-state index contributed by atoms with van der Waals surface area (Å²) in [5.41, 5.74) is 10.7. The zero-order chi connectivity index (χ0) is 22.4. The van der Waals surface area contributed by atoms with Gasteiger partial charge in [0.05, 0.1) is 11.7 Å². The number of aromatic nitrogens is 3. The van der Waals surface area contributed by atoms with Gasteiger partial charge >= 0.3 is 0 Å². The van der Waals surface area contributed by atoms with Gasteiger partial charge in [0.1, 0.15) is 17.2 Å². The molecule has 0 radical (unpaired) electrons. The Hall–Kier alpha value is -3.09. The van der Waals surface area contributed by atoms with Gasteiger partial charge in [-0.05, 0) is 37.3 Å². The number of imidazole rings is 1. The average Bonchev–Trinajstić information content (AvgIpc) is 3.47. The molecule has 1 atom stereocenters. The summed E-state index contributed by atoms with van der Waals surface area (Å²) in [5, 5.41) is 3.63. The second kappa shape index (κ2) is 8.36. The zero-order valence-electron chi connectivity index (χ0n) is 19.0. The molecule has 3 aliphatic rings. The van der Waals surface area contributed by atoms with Crippen LogP contribution in [0.4, 0.5) is 11.5 Å². The number of anilines is 2. The number of nitrogens with zero attached hydrogens (tertiary/aromatic N) is 4. The Morgan fingerprint density at radius 2 is 1.85 bits per heavy atom. The van der Waals surface area contributed by atoms with Crippen LogP contribution >= 0.6 is 0 Å². The van der Waals surface area contributed by atoms with E-state index in [2.05, 4.69) is 43.9 Å². The highest BCUT2D eigenvalue weighted by atomic mass is 16.2. The van der Waals surface area contributed by atoms with Crippen molar-refractivity contribution in [2.24, 2.45) is 5.92 Å². The summed E-state index contributed by atoms with van der Waals surface area (Å²) in [6.45, 7) is 1.63. The van der Waals surface area contributed by atoms with Crippen molar-refractivity contribution in [2.45, 2.75) is 63.3 Å². The first kappa shape index (κ1) is 20.5. The van der Waals surface area contributed by atoms with Crippen molar-refractivity contribution in [1.82, 2.24) is 19.3 Å². The smallest absolute Gasteiger partial charge is 0.225 e. The van der Waals surface area contributed by atoms with E-state index < -0.39 is 0 Å². The minimum atomic E-state index is 0.0885. The molecule has 0 bridgehead atoms. The number of carbonyl (C=O) groups is 1. The SMILES string of the molecule is Nc1nccn2c(C3CCN(C(=O)C4CCCCC4)CC3)nc(C3Cc4ccccc4N3)c12. The summed E-state index contributed by atoms with van der Waals surface area (Å²) in [4.78, 5) is 24.7. The molecule has 2 aromatic heterocycles. The number of likely N-dealkylation sites (tertiary alicyclic amines) is 1. The molecule has 1 aliphatic carbocycles. The highest BCUT2D eigenvalue weighted by molar-refractivity contribution is 5.79. The van der Waals surface area contributed by atoms with Crippen LogP contribution in [0.15, 0.2) is 36.7 Å². The molecule has 6 rings (SSSR count). The number of carbonyl (C=O) groups excluding carboxylic acids is 1. The summed E-state index contributed by atoms with van der Waals surface area (Å²) in [6, 6.07) is 8.52. The molecule has 1 saturated heterocycles. The van der Waals surface area contributed by atoms with Gasteiger partial charge in [-0.25, -0.2) is 9.97 Å².